The Kier molecular flexibility index (Phi) is 4.99. The van der Waals surface area contributed by atoms with Crippen LogP contribution >= 0.6 is 15.9 Å². The minimum Gasteiger partial charge on any atom is -0.382 e. The van der Waals surface area contributed by atoms with E-state index in [0.29, 0.717) is 10.4 Å². The van der Waals surface area contributed by atoms with Gasteiger partial charge in [-0.05, 0) is 43.4 Å². The van der Waals surface area contributed by atoms with E-state index in [2.05, 4.69) is 28.2 Å². The molecule has 0 spiro atoms. The number of benzene rings is 1. The molecule has 0 aliphatic heterocycles. The summed E-state index contributed by atoms with van der Waals surface area (Å²) >= 11 is 3.25. The molecule has 0 radical (unpaired) electrons. The van der Waals surface area contributed by atoms with Gasteiger partial charge in [-0.15, -0.1) is 0 Å². The summed E-state index contributed by atoms with van der Waals surface area (Å²) in [5, 5.41) is 3.11. The van der Waals surface area contributed by atoms with Gasteiger partial charge in [0.15, 0.2) is 0 Å². The van der Waals surface area contributed by atoms with Crippen LogP contribution in [0.15, 0.2) is 22.7 Å². The van der Waals surface area contributed by atoms with Crippen LogP contribution < -0.4 is 5.32 Å². The predicted molar refractivity (Wildman–Crippen MR) is 78.8 cm³/mol. The zero-order valence-corrected chi connectivity index (χ0v) is 13.0. The SMILES string of the molecule is CC1CCCC(Nc2cc(Br)ccc2C(F)(F)F)CC1. The molecule has 1 aliphatic carbocycles. The average molecular weight is 350 g/mol. The molecule has 0 bridgehead atoms. The summed E-state index contributed by atoms with van der Waals surface area (Å²) in [5.41, 5.74) is -0.399. The van der Waals surface area contributed by atoms with Crippen LogP contribution in [-0.4, -0.2) is 6.04 Å². The topological polar surface area (TPSA) is 12.0 Å². The maximum Gasteiger partial charge on any atom is 0.418 e. The number of halogens is 4. The van der Waals surface area contributed by atoms with E-state index in [9.17, 15) is 13.2 Å². The van der Waals surface area contributed by atoms with E-state index in [0.717, 1.165) is 31.7 Å². The van der Waals surface area contributed by atoms with Gasteiger partial charge in [-0.1, -0.05) is 35.7 Å². The lowest BCUT2D eigenvalue weighted by molar-refractivity contribution is -0.137. The lowest BCUT2D eigenvalue weighted by Crippen LogP contribution is -2.21. The van der Waals surface area contributed by atoms with Gasteiger partial charge in [0.25, 0.3) is 0 Å². The van der Waals surface area contributed by atoms with Crippen molar-refractivity contribution in [2.75, 3.05) is 5.32 Å². The zero-order valence-electron chi connectivity index (χ0n) is 11.4. The molecule has 1 aromatic carbocycles. The van der Waals surface area contributed by atoms with Gasteiger partial charge >= 0.3 is 6.18 Å². The maximum absolute atomic E-state index is 13.0. The monoisotopic (exact) mass is 349 g/mol. The Morgan fingerprint density at radius 2 is 1.90 bits per heavy atom. The van der Waals surface area contributed by atoms with Crippen molar-refractivity contribution in [3.63, 3.8) is 0 Å². The minimum absolute atomic E-state index is 0.135. The molecule has 1 saturated carbocycles. The van der Waals surface area contributed by atoms with E-state index >= 15 is 0 Å². The van der Waals surface area contributed by atoms with Crippen molar-refractivity contribution in [1.82, 2.24) is 0 Å². The molecule has 20 heavy (non-hydrogen) atoms. The molecule has 0 saturated heterocycles. The van der Waals surface area contributed by atoms with Gasteiger partial charge < -0.3 is 5.32 Å². The predicted octanol–water partition coefficient (Wildman–Crippen LogP) is 5.85. The van der Waals surface area contributed by atoms with E-state index in [1.807, 2.05) is 0 Å². The second-order valence-electron chi connectivity index (χ2n) is 5.64. The number of hydrogen-bond donors (Lipinski definition) is 1. The summed E-state index contributed by atoms with van der Waals surface area (Å²) in [7, 11) is 0. The van der Waals surface area contributed by atoms with Gasteiger partial charge in [0.2, 0.25) is 0 Å². The van der Waals surface area contributed by atoms with E-state index in [4.69, 9.17) is 0 Å². The first-order chi connectivity index (χ1) is 9.36. The fourth-order valence-corrected chi connectivity index (χ4v) is 3.10. The second kappa shape index (κ2) is 6.37. The van der Waals surface area contributed by atoms with Crippen molar-refractivity contribution in [3.8, 4) is 0 Å². The molecular formula is C15H19BrF3N. The summed E-state index contributed by atoms with van der Waals surface area (Å²) in [6.45, 7) is 2.21. The highest BCUT2D eigenvalue weighted by molar-refractivity contribution is 9.10. The van der Waals surface area contributed by atoms with Crippen molar-refractivity contribution < 1.29 is 13.2 Å². The van der Waals surface area contributed by atoms with Crippen molar-refractivity contribution in [1.29, 1.82) is 0 Å². The van der Waals surface area contributed by atoms with E-state index in [1.165, 1.54) is 18.6 Å². The van der Waals surface area contributed by atoms with Crippen LogP contribution in [0, 0.1) is 5.92 Å². The number of anilines is 1. The lowest BCUT2D eigenvalue weighted by Gasteiger charge is -2.21. The fraction of sp³-hybridized carbons (Fsp3) is 0.600. The molecule has 0 heterocycles. The van der Waals surface area contributed by atoms with E-state index in [-0.39, 0.29) is 11.7 Å². The van der Waals surface area contributed by atoms with Crippen molar-refractivity contribution in [3.05, 3.63) is 28.2 Å². The smallest absolute Gasteiger partial charge is 0.382 e. The Morgan fingerprint density at radius 3 is 2.60 bits per heavy atom. The highest BCUT2D eigenvalue weighted by Gasteiger charge is 2.34. The van der Waals surface area contributed by atoms with Crippen molar-refractivity contribution >= 4 is 21.6 Å². The summed E-state index contributed by atoms with van der Waals surface area (Å²) in [5.74, 6) is 0.673. The lowest BCUT2D eigenvalue weighted by atomic mass is 10.0. The summed E-state index contributed by atoms with van der Waals surface area (Å²) in [4.78, 5) is 0. The summed E-state index contributed by atoms with van der Waals surface area (Å²) in [6.07, 6.45) is 0.879. The van der Waals surface area contributed by atoms with Gasteiger partial charge in [0.1, 0.15) is 0 Å². The maximum atomic E-state index is 13.0. The Morgan fingerprint density at radius 1 is 1.15 bits per heavy atom. The van der Waals surface area contributed by atoms with Gasteiger partial charge in [0.05, 0.1) is 5.56 Å². The Bertz CT molecular complexity index is 459. The molecule has 2 unspecified atom stereocenters. The third-order valence-electron chi connectivity index (χ3n) is 3.90. The standard InChI is InChI=1S/C15H19BrF3N/c1-10-3-2-4-12(7-5-10)20-14-9-11(16)6-8-13(14)15(17,18)19/h6,8-10,12,20H,2-5,7H2,1H3. The van der Waals surface area contributed by atoms with E-state index < -0.39 is 11.7 Å². The molecule has 1 fully saturated rings. The first-order valence-corrected chi connectivity index (χ1v) is 7.79. The Labute approximate surface area is 126 Å². The molecule has 1 N–H and O–H groups in total. The number of rotatable bonds is 2. The average Bonchev–Trinajstić information content (AvgIpc) is 2.53. The van der Waals surface area contributed by atoms with Crippen molar-refractivity contribution in [2.45, 2.75) is 51.2 Å². The molecule has 2 atom stereocenters. The third-order valence-corrected chi connectivity index (χ3v) is 4.40. The van der Waals surface area contributed by atoms with Crippen LogP contribution in [0.25, 0.3) is 0 Å². The normalized spacial score (nSPS) is 24.2. The second-order valence-corrected chi connectivity index (χ2v) is 6.56. The van der Waals surface area contributed by atoms with Crippen LogP contribution in [0.3, 0.4) is 0 Å². The number of nitrogens with one attached hydrogen (secondary N) is 1. The summed E-state index contributed by atoms with van der Waals surface area (Å²) in [6, 6.07) is 4.22. The molecule has 1 aliphatic rings. The number of hydrogen-bond acceptors (Lipinski definition) is 1. The molecular weight excluding hydrogens is 331 g/mol. The van der Waals surface area contributed by atoms with Gasteiger partial charge in [-0.2, -0.15) is 13.2 Å². The molecule has 112 valence electrons. The highest BCUT2D eigenvalue weighted by atomic mass is 79.9. The largest absolute Gasteiger partial charge is 0.418 e. The fourth-order valence-electron chi connectivity index (χ4n) is 2.73. The Hall–Kier alpha value is -0.710. The third kappa shape index (κ3) is 4.14. The van der Waals surface area contributed by atoms with E-state index in [1.54, 1.807) is 0 Å². The molecule has 2 rings (SSSR count). The molecule has 5 heteroatoms. The van der Waals surface area contributed by atoms with Crippen LogP contribution in [0.2, 0.25) is 0 Å². The molecule has 0 amide bonds. The van der Waals surface area contributed by atoms with Crippen molar-refractivity contribution in [2.24, 2.45) is 5.92 Å². The van der Waals surface area contributed by atoms with Gasteiger partial charge in [-0.25, -0.2) is 0 Å². The van der Waals surface area contributed by atoms with Gasteiger partial charge in [0, 0.05) is 16.2 Å². The highest BCUT2D eigenvalue weighted by Crippen LogP contribution is 2.37. The number of alkyl halides is 3. The molecule has 0 aromatic heterocycles. The van der Waals surface area contributed by atoms with Crippen LogP contribution in [0.5, 0.6) is 0 Å². The van der Waals surface area contributed by atoms with Crippen LogP contribution in [0.4, 0.5) is 18.9 Å². The minimum atomic E-state index is -4.32. The molecule has 1 nitrogen and oxygen atoms in total. The Balaban J connectivity index is 2.17. The van der Waals surface area contributed by atoms with Gasteiger partial charge in [-0.3, -0.25) is 0 Å². The molecule has 1 aromatic rings. The zero-order chi connectivity index (χ0) is 14.8. The van der Waals surface area contributed by atoms with Crippen LogP contribution in [-0.2, 0) is 6.18 Å². The first kappa shape index (κ1) is 15.7. The first-order valence-electron chi connectivity index (χ1n) is 6.99. The summed E-state index contributed by atoms with van der Waals surface area (Å²) < 4.78 is 39.7. The van der Waals surface area contributed by atoms with Crippen LogP contribution in [0.1, 0.15) is 44.6 Å². The quantitative estimate of drug-likeness (QED) is 0.660.